The summed E-state index contributed by atoms with van der Waals surface area (Å²) in [6.45, 7) is 3.14. The minimum Gasteiger partial charge on any atom is -0.335 e. The van der Waals surface area contributed by atoms with Gasteiger partial charge in [-0.3, -0.25) is 0 Å². The average Bonchev–Trinajstić information content (AvgIpc) is 2.37. The number of nitrogens with zero attached hydrogens (tertiary/aromatic N) is 2. The number of imidazole rings is 1. The largest absolute Gasteiger partial charge is 0.335 e. The highest BCUT2D eigenvalue weighted by Crippen LogP contribution is 2.01. The van der Waals surface area contributed by atoms with Gasteiger partial charge in [-0.25, -0.2) is 4.98 Å². The molecule has 0 aliphatic heterocycles. The normalized spacial score (nSPS) is 10.4. The predicted molar refractivity (Wildman–Crippen MR) is 50.0 cm³/mol. The lowest BCUT2D eigenvalue weighted by molar-refractivity contribution is 0.662. The predicted octanol–water partition coefficient (Wildman–Crippen LogP) is 1.94. The lowest BCUT2D eigenvalue weighted by Gasteiger charge is -2.02. The lowest BCUT2D eigenvalue weighted by Crippen LogP contribution is -1.99. The first-order chi connectivity index (χ1) is 5.34. The molecule has 2 nitrogen and oxygen atoms in total. The maximum atomic E-state index is 4.15. The van der Waals surface area contributed by atoms with Gasteiger partial charge >= 0.3 is 0 Å². The van der Waals surface area contributed by atoms with Crippen molar-refractivity contribution in [3.8, 4) is 0 Å². The Morgan fingerprint density at radius 2 is 2.45 bits per heavy atom. The van der Waals surface area contributed by atoms with Crippen molar-refractivity contribution in [1.29, 1.82) is 0 Å². The molecule has 1 aromatic rings. The van der Waals surface area contributed by atoms with Gasteiger partial charge in [0.25, 0.3) is 0 Å². The monoisotopic (exact) mass is 170 g/mol. The standard InChI is InChI=1S/C8H14N2S/c1-8-9-4-6-10(8)5-3-7-11-2/h4,6H,3,5,7H2,1-2H3. The molecule has 0 aromatic carbocycles. The van der Waals surface area contributed by atoms with Crippen LogP contribution in [0, 0.1) is 6.92 Å². The Morgan fingerprint density at radius 1 is 1.64 bits per heavy atom. The molecular formula is C8H14N2S. The smallest absolute Gasteiger partial charge is 0.105 e. The van der Waals surface area contributed by atoms with Gasteiger partial charge in [0, 0.05) is 18.9 Å². The van der Waals surface area contributed by atoms with Gasteiger partial charge in [-0.15, -0.1) is 0 Å². The highest BCUT2D eigenvalue weighted by Gasteiger charge is 1.94. The van der Waals surface area contributed by atoms with Crippen LogP contribution in [0.3, 0.4) is 0 Å². The molecule has 0 aliphatic rings. The fraction of sp³-hybridized carbons (Fsp3) is 0.625. The maximum Gasteiger partial charge on any atom is 0.105 e. The summed E-state index contributed by atoms with van der Waals surface area (Å²) in [5.41, 5.74) is 0. The van der Waals surface area contributed by atoms with E-state index in [1.165, 1.54) is 12.2 Å². The Hall–Kier alpha value is -0.440. The summed E-state index contributed by atoms with van der Waals surface area (Å²) in [4.78, 5) is 4.15. The molecule has 0 aliphatic carbocycles. The molecule has 0 saturated heterocycles. The molecule has 0 radical (unpaired) electrons. The summed E-state index contributed by atoms with van der Waals surface area (Å²) in [5.74, 6) is 2.35. The van der Waals surface area contributed by atoms with E-state index in [0.717, 1.165) is 12.4 Å². The van der Waals surface area contributed by atoms with Gasteiger partial charge in [0.05, 0.1) is 0 Å². The van der Waals surface area contributed by atoms with Crippen molar-refractivity contribution >= 4 is 11.8 Å². The van der Waals surface area contributed by atoms with Gasteiger partial charge in [-0.2, -0.15) is 11.8 Å². The van der Waals surface area contributed by atoms with Crippen molar-refractivity contribution in [2.24, 2.45) is 0 Å². The third kappa shape index (κ3) is 2.58. The third-order valence-electron chi connectivity index (χ3n) is 1.67. The lowest BCUT2D eigenvalue weighted by atomic mass is 10.4. The molecule has 0 fully saturated rings. The first kappa shape index (κ1) is 8.65. The summed E-state index contributed by atoms with van der Waals surface area (Å²) in [6, 6.07) is 0. The average molecular weight is 170 g/mol. The van der Waals surface area contributed by atoms with Gasteiger partial charge < -0.3 is 4.57 Å². The first-order valence-electron chi connectivity index (χ1n) is 3.81. The van der Waals surface area contributed by atoms with Crippen molar-refractivity contribution in [1.82, 2.24) is 9.55 Å². The number of hydrogen-bond acceptors (Lipinski definition) is 2. The van der Waals surface area contributed by atoms with E-state index in [1.807, 2.05) is 31.1 Å². The Balaban J connectivity index is 2.32. The van der Waals surface area contributed by atoms with Crippen LogP contribution in [0.2, 0.25) is 0 Å². The molecule has 62 valence electrons. The van der Waals surface area contributed by atoms with E-state index in [2.05, 4.69) is 15.8 Å². The van der Waals surface area contributed by atoms with Crippen LogP contribution >= 0.6 is 11.8 Å². The molecule has 0 unspecified atom stereocenters. The Labute approximate surface area is 72.0 Å². The second-order valence-corrected chi connectivity index (χ2v) is 3.50. The van der Waals surface area contributed by atoms with E-state index in [0.29, 0.717) is 0 Å². The number of thioether (sulfide) groups is 1. The zero-order chi connectivity index (χ0) is 8.10. The fourth-order valence-corrected chi connectivity index (χ4v) is 1.44. The molecule has 11 heavy (non-hydrogen) atoms. The van der Waals surface area contributed by atoms with Crippen LogP contribution in [0.4, 0.5) is 0 Å². The molecular weight excluding hydrogens is 156 g/mol. The van der Waals surface area contributed by atoms with Crippen LogP contribution in [0.1, 0.15) is 12.2 Å². The van der Waals surface area contributed by atoms with E-state index in [9.17, 15) is 0 Å². The number of aryl methyl sites for hydroxylation is 2. The van der Waals surface area contributed by atoms with Gasteiger partial charge in [0.2, 0.25) is 0 Å². The summed E-state index contributed by atoms with van der Waals surface area (Å²) in [7, 11) is 0. The van der Waals surface area contributed by atoms with E-state index in [-0.39, 0.29) is 0 Å². The van der Waals surface area contributed by atoms with E-state index >= 15 is 0 Å². The molecule has 1 heterocycles. The number of aromatic nitrogens is 2. The molecule has 0 bridgehead atoms. The van der Waals surface area contributed by atoms with Gasteiger partial charge in [0.15, 0.2) is 0 Å². The third-order valence-corrected chi connectivity index (χ3v) is 2.37. The molecule has 1 aromatic heterocycles. The molecule has 0 spiro atoms. The second kappa shape index (κ2) is 4.44. The summed E-state index contributed by atoms with van der Waals surface area (Å²) >= 11 is 1.90. The van der Waals surface area contributed by atoms with E-state index in [4.69, 9.17) is 0 Å². The van der Waals surface area contributed by atoms with Crippen molar-refractivity contribution in [3.63, 3.8) is 0 Å². The first-order valence-corrected chi connectivity index (χ1v) is 5.20. The molecule has 0 atom stereocenters. The highest BCUT2D eigenvalue weighted by molar-refractivity contribution is 7.98. The second-order valence-electron chi connectivity index (χ2n) is 2.51. The molecule has 0 saturated carbocycles. The Bertz CT molecular complexity index is 208. The van der Waals surface area contributed by atoms with Crippen LogP contribution in [0.15, 0.2) is 12.4 Å². The minimum absolute atomic E-state index is 1.10. The quantitative estimate of drug-likeness (QED) is 0.643. The maximum absolute atomic E-state index is 4.15. The Kier molecular flexibility index (Phi) is 3.49. The summed E-state index contributed by atoms with van der Waals surface area (Å²) in [5, 5.41) is 0. The van der Waals surface area contributed by atoms with Crippen LogP contribution in [-0.2, 0) is 6.54 Å². The van der Waals surface area contributed by atoms with Gasteiger partial charge in [-0.05, 0) is 25.4 Å². The topological polar surface area (TPSA) is 17.8 Å². The molecule has 0 amide bonds. The van der Waals surface area contributed by atoms with E-state index < -0.39 is 0 Å². The summed E-state index contributed by atoms with van der Waals surface area (Å²) < 4.78 is 2.19. The van der Waals surface area contributed by atoms with Crippen LogP contribution < -0.4 is 0 Å². The molecule has 0 N–H and O–H groups in total. The van der Waals surface area contributed by atoms with Crippen LogP contribution in [0.25, 0.3) is 0 Å². The van der Waals surface area contributed by atoms with Crippen molar-refractivity contribution in [3.05, 3.63) is 18.2 Å². The van der Waals surface area contributed by atoms with Crippen LogP contribution in [-0.4, -0.2) is 21.6 Å². The molecule has 3 heteroatoms. The zero-order valence-electron chi connectivity index (χ0n) is 7.08. The van der Waals surface area contributed by atoms with Crippen LogP contribution in [0.5, 0.6) is 0 Å². The zero-order valence-corrected chi connectivity index (χ0v) is 7.90. The van der Waals surface area contributed by atoms with Gasteiger partial charge in [-0.1, -0.05) is 0 Å². The van der Waals surface area contributed by atoms with Gasteiger partial charge in [0.1, 0.15) is 5.82 Å². The minimum atomic E-state index is 1.10. The Morgan fingerprint density at radius 3 is 3.00 bits per heavy atom. The van der Waals surface area contributed by atoms with Crippen molar-refractivity contribution in [2.75, 3.05) is 12.0 Å². The number of rotatable bonds is 4. The fourth-order valence-electron chi connectivity index (χ4n) is 1.02. The van der Waals surface area contributed by atoms with E-state index in [1.54, 1.807) is 0 Å². The number of hydrogen-bond donors (Lipinski definition) is 0. The SMILES string of the molecule is CSCCCn1ccnc1C. The van der Waals surface area contributed by atoms with Crippen molar-refractivity contribution in [2.45, 2.75) is 19.9 Å². The molecule has 1 rings (SSSR count). The summed E-state index contributed by atoms with van der Waals surface area (Å²) in [6.07, 6.45) is 7.27. The van der Waals surface area contributed by atoms with Crippen molar-refractivity contribution < 1.29 is 0 Å². The highest BCUT2D eigenvalue weighted by atomic mass is 32.2.